The normalized spacial score (nSPS) is 11.2. The highest BCUT2D eigenvalue weighted by Gasteiger charge is 2.13. The maximum Gasteiger partial charge on any atom is 0.294 e. The average molecular weight is 412 g/mol. The fraction of sp³-hybridized carbons (Fsp3) is 0.652. The standard InChI is InChI=1S/C18H30O3S.C5H11N/c1-2-3-4-5-6-7-8-9-10-11-14-17-15-12-13-16-18(17)22(19,20)21;1-4-5-6(2)3/h12-13,15-16H,2-11,14H2,1H3,(H,19,20,21);4H,1,5H2,2-3H3. The number of hydrogen-bond donors (Lipinski definition) is 1. The summed E-state index contributed by atoms with van der Waals surface area (Å²) in [6.45, 7) is 6.77. The Morgan fingerprint density at radius 3 is 1.86 bits per heavy atom. The van der Waals surface area contributed by atoms with Gasteiger partial charge in [0.15, 0.2) is 0 Å². The van der Waals surface area contributed by atoms with Crippen molar-refractivity contribution in [3.8, 4) is 0 Å². The zero-order chi connectivity index (χ0) is 21.3. The summed E-state index contributed by atoms with van der Waals surface area (Å²) in [5.74, 6) is 0. The number of hydrogen-bond acceptors (Lipinski definition) is 3. The Morgan fingerprint density at radius 1 is 0.929 bits per heavy atom. The first-order valence-corrected chi connectivity index (χ1v) is 12.1. The number of nitrogens with zero attached hydrogens (tertiary/aromatic N) is 1. The molecule has 0 aromatic heterocycles. The van der Waals surface area contributed by atoms with Gasteiger partial charge in [-0.05, 0) is 38.6 Å². The second-order valence-electron chi connectivity index (χ2n) is 7.57. The lowest BCUT2D eigenvalue weighted by Gasteiger charge is -2.07. The van der Waals surface area contributed by atoms with Crippen molar-refractivity contribution in [3.63, 3.8) is 0 Å². The van der Waals surface area contributed by atoms with Crippen LogP contribution in [0, 0.1) is 0 Å². The Hall–Kier alpha value is -1.17. The van der Waals surface area contributed by atoms with Crippen LogP contribution >= 0.6 is 0 Å². The Kier molecular flexibility index (Phi) is 16.1. The molecule has 0 saturated carbocycles. The van der Waals surface area contributed by atoms with Crippen LogP contribution in [0.25, 0.3) is 0 Å². The van der Waals surface area contributed by atoms with E-state index in [4.69, 9.17) is 0 Å². The second kappa shape index (κ2) is 16.8. The Labute approximate surface area is 173 Å². The highest BCUT2D eigenvalue weighted by molar-refractivity contribution is 7.85. The molecule has 0 fully saturated rings. The van der Waals surface area contributed by atoms with E-state index < -0.39 is 10.1 Å². The predicted molar refractivity (Wildman–Crippen MR) is 121 cm³/mol. The molecule has 0 atom stereocenters. The summed E-state index contributed by atoms with van der Waals surface area (Å²) in [4.78, 5) is 2.12. The molecule has 0 aliphatic heterocycles. The molecule has 0 spiro atoms. The van der Waals surface area contributed by atoms with Gasteiger partial charge in [-0.25, -0.2) is 0 Å². The topological polar surface area (TPSA) is 57.6 Å². The Morgan fingerprint density at radius 2 is 1.43 bits per heavy atom. The first-order valence-electron chi connectivity index (χ1n) is 10.6. The molecule has 0 radical (unpaired) electrons. The third kappa shape index (κ3) is 14.8. The molecule has 4 nitrogen and oxygen atoms in total. The first-order chi connectivity index (χ1) is 13.3. The van der Waals surface area contributed by atoms with Gasteiger partial charge in [0.1, 0.15) is 0 Å². The summed E-state index contributed by atoms with van der Waals surface area (Å²) in [6, 6.07) is 6.73. The number of rotatable bonds is 14. The Bertz CT molecular complexity index is 612. The fourth-order valence-corrected chi connectivity index (χ4v) is 3.78. The van der Waals surface area contributed by atoms with Crippen molar-refractivity contribution in [2.45, 2.75) is 82.4 Å². The summed E-state index contributed by atoms with van der Waals surface area (Å²) < 4.78 is 31.8. The quantitative estimate of drug-likeness (QED) is 0.227. The maximum atomic E-state index is 11.3. The van der Waals surface area contributed by atoms with E-state index >= 15 is 0 Å². The molecule has 0 amide bonds. The van der Waals surface area contributed by atoms with Crippen LogP contribution in [0.3, 0.4) is 0 Å². The monoisotopic (exact) mass is 411 g/mol. The van der Waals surface area contributed by atoms with Crippen LogP contribution in [0.15, 0.2) is 41.8 Å². The zero-order valence-corrected chi connectivity index (χ0v) is 19.0. The molecule has 5 heteroatoms. The van der Waals surface area contributed by atoms with Crippen molar-refractivity contribution in [2.24, 2.45) is 0 Å². The van der Waals surface area contributed by atoms with E-state index in [9.17, 15) is 13.0 Å². The van der Waals surface area contributed by atoms with Gasteiger partial charge in [0.25, 0.3) is 10.1 Å². The highest BCUT2D eigenvalue weighted by atomic mass is 32.2. The summed E-state index contributed by atoms with van der Waals surface area (Å²) in [5, 5.41) is 0. The van der Waals surface area contributed by atoms with Gasteiger partial charge in [-0.1, -0.05) is 89.0 Å². The SMILES string of the molecule is C=CCN(C)C.CCCCCCCCCCCCc1ccccc1S(=O)(=O)O. The minimum Gasteiger partial charge on any atom is -0.306 e. The lowest BCUT2D eigenvalue weighted by Crippen LogP contribution is -2.09. The van der Waals surface area contributed by atoms with Gasteiger partial charge in [0.2, 0.25) is 0 Å². The van der Waals surface area contributed by atoms with Gasteiger partial charge in [0, 0.05) is 6.54 Å². The van der Waals surface area contributed by atoms with E-state index in [1.54, 1.807) is 12.1 Å². The summed E-state index contributed by atoms with van der Waals surface area (Å²) in [5.41, 5.74) is 0.726. The van der Waals surface area contributed by atoms with E-state index in [1.807, 2.05) is 26.2 Å². The van der Waals surface area contributed by atoms with Crippen LogP contribution in [-0.2, 0) is 16.5 Å². The van der Waals surface area contributed by atoms with Crippen LogP contribution in [-0.4, -0.2) is 38.5 Å². The van der Waals surface area contributed by atoms with Gasteiger partial charge in [-0.3, -0.25) is 4.55 Å². The lowest BCUT2D eigenvalue weighted by atomic mass is 10.0. The summed E-state index contributed by atoms with van der Waals surface area (Å²) >= 11 is 0. The zero-order valence-electron chi connectivity index (χ0n) is 18.2. The first kappa shape index (κ1) is 26.8. The molecule has 1 rings (SSSR count). The van der Waals surface area contributed by atoms with Crippen LogP contribution in [0.2, 0.25) is 0 Å². The number of aryl methyl sites for hydroxylation is 1. The lowest BCUT2D eigenvalue weighted by molar-refractivity contribution is 0.457. The van der Waals surface area contributed by atoms with Crippen molar-refractivity contribution >= 4 is 10.1 Å². The minimum absolute atomic E-state index is 0.0610. The smallest absolute Gasteiger partial charge is 0.294 e. The second-order valence-corrected chi connectivity index (χ2v) is 8.96. The van der Waals surface area contributed by atoms with Crippen molar-refractivity contribution in [1.29, 1.82) is 0 Å². The van der Waals surface area contributed by atoms with Gasteiger partial charge in [0.05, 0.1) is 4.90 Å². The summed E-state index contributed by atoms with van der Waals surface area (Å²) in [6.07, 6.45) is 15.2. The molecule has 162 valence electrons. The van der Waals surface area contributed by atoms with E-state index in [-0.39, 0.29) is 4.90 Å². The van der Waals surface area contributed by atoms with Crippen molar-refractivity contribution < 1.29 is 13.0 Å². The molecular formula is C23H41NO3S. The number of likely N-dealkylation sites (N-methyl/N-ethyl adjacent to an activating group) is 1. The van der Waals surface area contributed by atoms with Crippen LogP contribution in [0.5, 0.6) is 0 Å². The third-order valence-electron chi connectivity index (χ3n) is 4.54. The van der Waals surface area contributed by atoms with Crippen LogP contribution in [0.4, 0.5) is 0 Å². The average Bonchev–Trinajstić information content (AvgIpc) is 2.63. The van der Waals surface area contributed by atoms with Crippen LogP contribution in [0.1, 0.15) is 76.7 Å². The van der Waals surface area contributed by atoms with Crippen molar-refractivity contribution in [1.82, 2.24) is 4.90 Å². The van der Waals surface area contributed by atoms with E-state index in [1.165, 1.54) is 57.4 Å². The van der Waals surface area contributed by atoms with Gasteiger partial charge >= 0.3 is 0 Å². The largest absolute Gasteiger partial charge is 0.306 e. The van der Waals surface area contributed by atoms with Gasteiger partial charge < -0.3 is 4.90 Å². The van der Waals surface area contributed by atoms with Crippen LogP contribution < -0.4 is 0 Å². The predicted octanol–water partition coefficient (Wildman–Crippen LogP) is 6.13. The molecule has 1 N–H and O–H groups in total. The maximum absolute atomic E-state index is 11.3. The number of benzene rings is 1. The van der Waals surface area contributed by atoms with E-state index in [0.29, 0.717) is 6.42 Å². The van der Waals surface area contributed by atoms with E-state index in [0.717, 1.165) is 24.9 Å². The van der Waals surface area contributed by atoms with Gasteiger partial charge in [-0.2, -0.15) is 8.42 Å². The molecular weight excluding hydrogens is 370 g/mol. The fourth-order valence-electron chi connectivity index (χ4n) is 3.02. The summed E-state index contributed by atoms with van der Waals surface area (Å²) in [7, 11) is -0.0648. The molecule has 0 heterocycles. The molecule has 1 aromatic carbocycles. The minimum atomic E-state index is -4.10. The molecule has 0 bridgehead atoms. The molecule has 28 heavy (non-hydrogen) atoms. The van der Waals surface area contributed by atoms with Crippen molar-refractivity contribution in [3.05, 3.63) is 42.5 Å². The molecule has 0 saturated heterocycles. The Balaban J connectivity index is 0.00000105. The molecule has 1 aromatic rings. The highest BCUT2D eigenvalue weighted by Crippen LogP contribution is 2.18. The van der Waals surface area contributed by atoms with Gasteiger partial charge in [-0.15, -0.1) is 6.58 Å². The third-order valence-corrected chi connectivity index (χ3v) is 5.50. The molecule has 0 aliphatic carbocycles. The number of unbranched alkanes of at least 4 members (excludes halogenated alkanes) is 9. The van der Waals surface area contributed by atoms with Crippen molar-refractivity contribution in [2.75, 3.05) is 20.6 Å². The molecule has 0 aliphatic rings. The molecule has 0 unspecified atom stereocenters. The van der Waals surface area contributed by atoms with E-state index in [2.05, 4.69) is 18.4 Å².